The van der Waals surface area contributed by atoms with Gasteiger partial charge in [0.2, 0.25) is 17.7 Å². The van der Waals surface area contributed by atoms with Gasteiger partial charge in [-0.25, -0.2) is 0 Å². The maximum Gasteiger partial charge on any atom is 0.322 e. The number of aliphatic carboxylic acids is 1. The minimum absolute atomic E-state index is 0.187. The number of hydrogen-bond acceptors (Lipinski definition) is 7. The Morgan fingerprint density at radius 3 is 2.23 bits per heavy atom. The van der Waals surface area contributed by atoms with Crippen LogP contribution in [0.15, 0.2) is 0 Å². The summed E-state index contributed by atoms with van der Waals surface area (Å²) in [6.45, 7) is 3.70. The molecule has 0 aliphatic carbocycles. The normalized spacial score (nSPS) is 14.8. The van der Waals surface area contributed by atoms with Gasteiger partial charge in [-0.3, -0.25) is 19.2 Å². The molecule has 174 valence electrons. The molecule has 8 N–H and O–H groups in total. The van der Waals surface area contributed by atoms with Crippen molar-refractivity contribution in [2.75, 3.05) is 25.1 Å². The van der Waals surface area contributed by atoms with Crippen LogP contribution >= 0.6 is 11.8 Å². The summed E-state index contributed by atoms with van der Waals surface area (Å²) in [5.74, 6) is -2.27. The van der Waals surface area contributed by atoms with Gasteiger partial charge in [0.15, 0.2) is 0 Å². The zero-order chi connectivity index (χ0) is 23.1. The smallest absolute Gasteiger partial charge is 0.322 e. The molecule has 0 spiro atoms. The highest BCUT2D eigenvalue weighted by Gasteiger charge is 2.30. The van der Waals surface area contributed by atoms with Crippen molar-refractivity contribution in [1.82, 2.24) is 16.0 Å². The van der Waals surface area contributed by atoms with E-state index in [9.17, 15) is 19.2 Å². The van der Waals surface area contributed by atoms with E-state index in [0.717, 1.165) is 6.42 Å². The number of unbranched alkanes of at least 4 members (excludes halogenated alkanes) is 1. The van der Waals surface area contributed by atoms with Crippen molar-refractivity contribution in [3.8, 4) is 0 Å². The molecule has 0 radical (unpaired) electrons. The molecule has 30 heavy (non-hydrogen) atoms. The van der Waals surface area contributed by atoms with Crippen LogP contribution in [0.2, 0.25) is 0 Å². The fourth-order valence-corrected chi connectivity index (χ4v) is 3.13. The van der Waals surface area contributed by atoms with Gasteiger partial charge in [-0.15, -0.1) is 0 Å². The summed E-state index contributed by atoms with van der Waals surface area (Å²) in [5.41, 5.74) is 11.4. The van der Waals surface area contributed by atoms with E-state index in [1.54, 1.807) is 0 Å². The SMILES string of the molecule is CCC(C)C(NC(=O)C(N)CCCCN)C(=O)NC(CCSC)C(=O)NCC(=O)O. The Labute approximate surface area is 182 Å². The highest BCUT2D eigenvalue weighted by molar-refractivity contribution is 7.98. The summed E-state index contributed by atoms with van der Waals surface area (Å²) in [5, 5.41) is 16.4. The second kappa shape index (κ2) is 15.9. The molecule has 0 aromatic heterocycles. The molecule has 4 atom stereocenters. The molecule has 0 rings (SSSR count). The van der Waals surface area contributed by atoms with Crippen LogP contribution in [-0.4, -0.2) is 72.0 Å². The number of thioether (sulfide) groups is 1. The molecule has 0 aromatic rings. The lowest BCUT2D eigenvalue weighted by Gasteiger charge is -2.27. The van der Waals surface area contributed by atoms with Gasteiger partial charge in [0.25, 0.3) is 0 Å². The summed E-state index contributed by atoms with van der Waals surface area (Å²) >= 11 is 1.50. The van der Waals surface area contributed by atoms with Gasteiger partial charge in [0.1, 0.15) is 18.6 Å². The number of hydrogen-bond donors (Lipinski definition) is 6. The van der Waals surface area contributed by atoms with Crippen molar-refractivity contribution in [1.29, 1.82) is 0 Å². The van der Waals surface area contributed by atoms with Crippen LogP contribution < -0.4 is 27.4 Å². The fourth-order valence-electron chi connectivity index (χ4n) is 2.65. The van der Waals surface area contributed by atoms with E-state index in [-0.39, 0.29) is 5.92 Å². The highest BCUT2D eigenvalue weighted by atomic mass is 32.2. The number of rotatable bonds is 16. The van der Waals surface area contributed by atoms with E-state index in [1.165, 1.54) is 11.8 Å². The Kier molecular flexibility index (Phi) is 14.9. The minimum Gasteiger partial charge on any atom is -0.480 e. The Morgan fingerprint density at radius 1 is 1.03 bits per heavy atom. The predicted molar refractivity (Wildman–Crippen MR) is 118 cm³/mol. The third-order valence-electron chi connectivity index (χ3n) is 4.76. The van der Waals surface area contributed by atoms with Crippen LogP contribution in [0, 0.1) is 5.92 Å². The third kappa shape index (κ3) is 11.4. The summed E-state index contributed by atoms with van der Waals surface area (Å²) in [4.78, 5) is 48.4. The van der Waals surface area contributed by atoms with Crippen molar-refractivity contribution < 1.29 is 24.3 Å². The van der Waals surface area contributed by atoms with Crippen LogP contribution in [-0.2, 0) is 19.2 Å². The predicted octanol–water partition coefficient (Wildman–Crippen LogP) is -0.588. The maximum absolute atomic E-state index is 12.9. The highest BCUT2D eigenvalue weighted by Crippen LogP contribution is 2.10. The summed E-state index contributed by atoms with van der Waals surface area (Å²) in [6.07, 6.45) is 4.76. The first-order valence-corrected chi connectivity index (χ1v) is 11.6. The summed E-state index contributed by atoms with van der Waals surface area (Å²) in [6, 6.07) is -2.50. The molecule has 0 aromatic carbocycles. The van der Waals surface area contributed by atoms with Gasteiger partial charge in [-0.05, 0) is 43.7 Å². The van der Waals surface area contributed by atoms with Crippen LogP contribution in [0.25, 0.3) is 0 Å². The lowest BCUT2D eigenvalue weighted by molar-refractivity contribution is -0.138. The molecule has 0 saturated carbocycles. The molecule has 0 saturated heterocycles. The Bertz CT molecular complexity index is 563. The molecular weight excluding hydrogens is 410 g/mol. The van der Waals surface area contributed by atoms with Crippen molar-refractivity contribution in [2.24, 2.45) is 17.4 Å². The van der Waals surface area contributed by atoms with Crippen LogP contribution in [0.1, 0.15) is 46.0 Å². The maximum atomic E-state index is 12.9. The van der Waals surface area contributed by atoms with Gasteiger partial charge in [0, 0.05) is 0 Å². The minimum atomic E-state index is -1.17. The van der Waals surface area contributed by atoms with E-state index < -0.39 is 48.4 Å². The number of nitrogens with two attached hydrogens (primary N) is 2. The van der Waals surface area contributed by atoms with Crippen LogP contribution in [0.4, 0.5) is 0 Å². The van der Waals surface area contributed by atoms with Gasteiger partial charge in [-0.1, -0.05) is 26.7 Å². The van der Waals surface area contributed by atoms with Gasteiger partial charge in [0.05, 0.1) is 6.04 Å². The van der Waals surface area contributed by atoms with Crippen molar-refractivity contribution >= 4 is 35.5 Å². The van der Waals surface area contributed by atoms with E-state index in [1.807, 2.05) is 20.1 Å². The van der Waals surface area contributed by atoms with Gasteiger partial charge >= 0.3 is 5.97 Å². The number of carboxylic acid groups (broad SMARTS) is 1. The van der Waals surface area contributed by atoms with Crippen molar-refractivity contribution in [2.45, 2.75) is 64.1 Å². The second-order valence-electron chi connectivity index (χ2n) is 7.22. The topological polar surface area (TPSA) is 177 Å². The standard InChI is InChI=1S/C19H37N5O5S/c1-4-12(2)16(24-17(27)13(21)7-5-6-9-20)19(29)23-14(8-10-30-3)18(28)22-11-15(25)26/h12-14,16H,4-11,20-21H2,1-3H3,(H,22,28)(H,23,29)(H,24,27)(H,25,26). The number of carbonyl (C=O) groups is 4. The number of carboxylic acids is 1. The lowest BCUT2D eigenvalue weighted by Crippen LogP contribution is -2.58. The van der Waals surface area contributed by atoms with Crippen LogP contribution in [0.3, 0.4) is 0 Å². The average molecular weight is 448 g/mol. The zero-order valence-corrected chi connectivity index (χ0v) is 18.9. The van der Waals surface area contributed by atoms with Crippen molar-refractivity contribution in [3.05, 3.63) is 0 Å². The number of amides is 3. The Morgan fingerprint density at radius 2 is 1.70 bits per heavy atom. The molecular formula is C19H37N5O5S. The third-order valence-corrected chi connectivity index (χ3v) is 5.40. The number of carbonyl (C=O) groups excluding carboxylic acids is 3. The first-order valence-electron chi connectivity index (χ1n) is 10.2. The lowest BCUT2D eigenvalue weighted by atomic mass is 9.97. The zero-order valence-electron chi connectivity index (χ0n) is 18.1. The number of nitrogens with one attached hydrogen (secondary N) is 3. The largest absolute Gasteiger partial charge is 0.480 e. The molecule has 3 amide bonds. The quantitative estimate of drug-likeness (QED) is 0.170. The molecule has 0 bridgehead atoms. The molecule has 11 heteroatoms. The summed E-state index contributed by atoms with van der Waals surface area (Å²) in [7, 11) is 0. The molecule has 10 nitrogen and oxygen atoms in total. The molecule has 4 unspecified atom stereocenters. The van der Waals surface area contributed by atoms with E-state index in [4.69, 9.17) is 16.6 Å². The summed E-state index contributed by atoms with van der Waals surface area (Å²) < 4.78 is 0. The Hall–Kier alpha value is -1.85. The first-order chi connectivity index (χ1) is 14.2. The van der Waals surface area contributed by atoms with E-state index in [2.05, 4.69) is 16.0 Å². The average Bonchev–Trinajstić information content (AvgIpc) is 2.72. The van der Waals surface area contributed by atoms with Gasteiger partial charge < -0.3 is 32.5 Å². The van der Waals surface area contributed by atoms with E-state index >= 15 is 0 Å². The molecule has 0 aliphatic heterocycles. The van der Waals surface area contributed by atoms with Gasteiger partial charge in [-0.2, -0.15) is 11.8 Å². The molecule has 0 aliphatic rings. The first kappa shape index (κ1) is 28.1. The second-order valence-corrected chi connectivity index (χ2v) is 8.20. The fraction of sp³-hybridized carbons (Fsp3) is 0.789. The van der Waals surface area contributed by atoms with Crippen LogP contribution in [0.5, 0.6) is 0 Å². The Balaban J connectivity index is 5.15. The monoisotopic (exact) mass is 447 g/mol. The van der Waals surface area contributed by atoms with Crippen molar-refractivity contribution in [3.63, 3.8) is 0 Å². The molecule has 0 fully saturated rings. The van der Waals surface area contributed by atoms with E-state index in [0.29, 0.717) is 38.0 Å². The molecule has 0 heterocycles.